The second-order valence-corrected chi connectivity index (χ2v) is 5.30. The van der Waals surface area contributed by atoms with Crippen LogP contribution in [0.25, 0.3) is 6.08 Å². The predicted molar refractivity (Wildman–Crippen MR) is 84.9 cm³/mol. The van der Waals surface area contributed by atoms with E-state index in [1.807, 2.05) is 36.4 Å². The molecule has 0 N–H and O–H groups in total. The van der Waals surface area contributed by atoms with Crippen LogP contribution in [-0.4, -0.2) is 18.8 Å². The Morgan fingerprint density at radius 3 is 2.38 bits per heavy atom. The zero-order valence-corrected chi connectivity index (χ0v) is 12.0. The van der Waals surface area contributed by atoms with Gasteiger partial charge >= 0.3 is 0 Å². The van der Waals surface area contributed by atoms with E-state index in [-0.39, 0.29) is 6.10 Å². The van der Waals surface area contributed by atoms with Crippen molar-refractivity contribution in [1.29, 1.82) is 0 Å². The molecule has 1 aliphatic heterocycles. The zero-order valence-electron chi connectivity index (χ0n) is 12.0. The molecule has 0 aromatic heterocycles. The van der Waals surface area contributed by atoms with Crippen molar-refractivity contribution in [2.45, 2.75) is 25.2 Å². The fraction of sp³-hybridized carbons (Fsp3) is 0.263. The molecule has 21 heavy (non-hydrogen) atoms. The Labute approximate surface area is 126 Å². The first-order chi connectivity index (χ1) is 10.4. The van der Waals surface area contributed by atoms with Crippen LogP contribution in [0.3, 0.4) is 0 Å². The Balaban J connectivity index is 1.59. The van der Waals surface area contributed by atoms with E-state index in [1.165, 1.54) is 11.1 Å². The molecule has 0 aliphatic carbocycles. The quantitative estimate of drug-likeness (QED) is 0.713. The van der Waals surface area contributed by atoms with Gasteiger partial charge in [0.05, 0.1) is 25.4 Å². The topological polar surface area (TPSA) is 21.8 Å². The molecule has 0 radical (unpaired) electrons. The maximum atomic E-state index is 6.03. The molecule has 2 atom stereocenters. The van der Waals surface area contributed by atoms with Gasteiger partial charge in [0.2, 0.25) is 0 Å². The molecule has 2 aromatic carbocycles. The number of hydrogen-bond acceptors (Lipinski definition) is 2. The Morgan fingerprint density at radius 2 is 1.71 bits per heavy atom. The summed E-state index contributed by atoms with van der Waals surface area (Å²) in [6.07, 6.45) is 5.65. The van der Waals surface area contributed by atoms with Gasteiger partial charge in [0.15, 0.2) is 0 Å². The van der Waals surface area contributed by atoms with Crippen molar-refractivity contribution in [3.05, 3.63) is 77.9 Å². The lowest BCUT2D eigenvalue weighted by atomic mass is 10.1. The van der Waals surface area contributed by atoms with Gasteiger partial charge in [-0.2, -0.15) is 0 Å². The standard InChI is InChI=1S/C19H20O2/c1-3-7-16(8-4-1)11-12-18(13-19-15-21-19)20-14-17-9-5-2-6-10-17/h1-12,18-19H,13-15H2/b12-11+/t18-,19+/m1/s1. The minimum atomic E-state index is 0.0953. The van der Waals surface area contributed by atoms with Crippen molar-refractivity contribution in [1.82, 2.24) is 0 Å². The second kappa shape index (κ2) is 7.21. The van der Waals surface area contributed by atoms with Crippen LogP contribution in [0.4, 0.5) is 0 Å². The molecule has 1 saturated heterocycles. The summed E-state index contributed by atoms with van der Waals surface area (Å²) in [5.41, 5.74) is 2.40. The average Bonchev–Trinajstić information content (AvgIpc) is 3.36. The van der Waals surface area contributed by atoms with E-state index in [1.54, 1.807) is 0 Å². The van der Waals surface area contributed by atoms with Gasteiger partial charge in [-0.25, -0.2) is 0 Å². The SMILES string of the molecule is C(=C\[C@H](C[C@H]1CO1)OCc1ccccc1)/c1ccccc1. The van der Waals surface area contributed by atoms with Crippen molar-refractivity contribution in [3.63, 3.8) is 0 Å². The molecule has 1 fully saturated rings. The molecule has 2 aromatic rings. The molecule has 0 saturated carbocycles. The molecule has 2 nitrogen and oxygen atoms in total. The van der Waals surface area contributed by atoms with Crippen LogP contribution in [0.15, 0.2) is 66.7 Å². The Hall–Kier alpha value is -1.90. The largest absolute Gasteiger partial charge is 0.373 e. The van der Waals surface area contributed by atoms with Crippen molar-refractivity contribution in [2.75, 3.05) is 6.61 Å². The first kappa shape index (κ1) is 14.1. The van der Waals surface area contributed by atoms with Crippen LogP contribution in [0.2, 0.25) is 0 Å². The van der Waals surface area contributed by atoms with E-state index in [0.29, 0.717) is 12.7 Å². The van der Waals surface area contributed by atoms with Crippen LogP contribution in [0.5, 0.6) is 0 Å². The Bertz CT molecular complexity index is 559. The lowest BCUT2D eigenvalue weighted by molar-refractivity contribution is 0.0618. The van der Waals surface area contributed by atoms with Gasteiger partial charge in [-0.1, -0.05) is 72.8 Å². The average molecular weight is 280 g/mol. The van der Waals surface area contributed by atoms with Gasteiger partial charge in [-0.15, -0.1) is 0 Å². The van der Waals surface area contributed by atoms with Crippen molar-refractivity contribution in [2.24, 2.45) is 0 Å². The third kappa shape index (κ3) is 4.85. The van der Waals surface area contributed by atoms with Crippen LogP contribution < -0.4 is 0 Å². The number of hydrogen-bond donors (Lipinski definition) is 0. The van der Waals surface area contributed by atoms with Gasteiger partial charge in [-0.3, -0.25) is 0 Å². The summed E-state index contributed by atoms with van der Waals surface area (Å²) in [5, 5.41) is 0. The van der Waals surface area contributed by atoms with Gasteiger partial charge in [0, 0.05) is 6.42 Å². The van der Waals surface area contributed by atoms with E-state index in [4.69, 9.17) is 9.47 Å². The first-order valence-corrected chi connectivity index (χ1v) is 7.40. The number of ether oxygens (including phenoxy) is 2. The van der Waals surface area contributed by atoms with Crippen molar-refractivity contribution >= 4 is 6.08 Å². The van der Waals surface area contributed by atoms with Gasteiger partial charge in [-0.05, 0) is 11.1 Å². The van der Waals surface area contributed by atoms with Gasteiger partial charge in [0.1, 0.15) is 0 Å². The summed E-state index contributed by atoms with van der Waals surface area (Å²) in [4.78, 5) is 0. The van der Waals surface area contributed by atoms with E-state index in [9.17, 15) is 0 Å². The number of rotatable bonds is 7. The summed E-state index contributed by atoms with van der Waals surface area (Å²) in [6.45, 7) is 1.50. The highest BCUT2D eigenvalue weighted by molar-refractivity contribution is 5.49. The van der Waals surface area contributed by atoms with Crippen molar-refractivity contribution in [3.8, 4) is 0 Å². The predicted octanol–water partition coefficient (Wildman–Crippen LogP) is 4.07. The first-order valence-electron chi connectivity index (χ1n) is 7.40. The minimum absolute atomic E-state index is 0.0953. The fourth-order valence-electron chi connectivity index (χ4n) is 2.23. The third-order valence-corrected chi connectivity index (χ3v) is 3.51. The normalized spacial score (nSPS) is 18.8. The van der Waals surface area contributed by atoms with E-state index >= 15 is 0 Å². The molecular formula is C19H20O2. The molecule has 3 rings (SSSR count). The number of benzene rings is 2. The smallest absolute Gasteiger partial charge is 0.0837 e. The highest BCUT2D eigenvalue weighted by Crippen LogP contribution is 2.20. The van der Waals surface area contributed by atoms with Crippen LogP contribution in [-0.2, 0) is 16.1 Å². The second-order valence-electron chi connectivity index (χ2n) is 5.30. The monoisotopic (exact) mass is 280 g/mol. The molecule has 0 unspecified atom stereocenters. The summed E-state index contributed by atoms with van der Waals surface area (Å²) >= 11 is 0. The van der Waals surface area contributed by atoms with E-state index < -0.39 is 0 Å². The molecule has 2 heteroatoms. The van der Waals surface area contributed by atoms with Crippen LogP contribution >= 0.6 is 0 Å². The van der Waals surface area contributed by atoms with Crippen molar-refractivity contribution < 1.29 is 9.47 Å². The summed E-state index contributed by atoms with van der Waals surface area (Å²) in [7, 11) is 0. The fourth-order valence-corrected chi connectivity index (χ4v) is 2.23. The molecule has 108 valence electrons. The van der Waals surface area contributed by atoms with Gasteiger partial charge in [0.25, 0.3) is 0 Å². The molecule has 1 heterocycles. The maximum absolute atomic E-state index is 6.03. The lowest BCUT2D eigenvalue weighted by Gasteiger charge is -2.13. The Kier molecular flexibility index (Phi) is 4.82. The lowest BCUT2D eigenvalue weighted by Crippen LogP contribution is -2.12. The van der Waals surface area contributed by atoms with E-state index in [0.717, 1.165) is 13.0 Å². The minimum Gasteiger partial charge on any atom is -0.373 e. The third-order valence-electron chi connectivity index (χ3n) is 3.51. The van der Waals surface area contributed by atoms with Crippen LogP contribution in [0, 0.1) is 0 Å². The maximum Gasteiger partial charge on any atom is 0.0837 e. The number of epoxide rings is 1. The van der Waals surface area contributed by atoms with E-state index in [2.05, 4.69) is 36.4 Å². The Morgan fingerprint density at radius 1 is 1.05 bits per heavy atom. The summed E-state index contributed by atoms with van der Waals surface area (Å²) in [5.74, 6) is 0. The zero-order chi connectivity index (χ0) is 14.3. The summed E-state index contributed by atoms with van der Waals surface area (Å²) in [6, 6.07) is 20.6. The summed E-state index contributed by atoms with van der Waals surface area (Å²) < 4.78 is 11.4. The highest BCUT2D eigenvalue weighted by atomic mass is 16.6. The molecule has 0 spiro atoms. The molecule has 0 bridgehead atoms. The molecule has 0 amide bonds. The highest BCUT2D eigenvalue weighted by Gasteiger charge is 2.26. The van der Waals surface area contributed by atoms with Gasteiger partial charge < -0.3 is 9.47 Å². The van der Waals surface area contributed by atoms with Crippen LogP contribution in [0.1, 0.15) is 17.5 Å². The molecular weight excluding hydrogens is 260 g/mol. The molecule has 1 aliphatic rings.